The molecule has 0 aliphatic carbocycles. The van der Waals surface area contributed by atoms with E-state index >= 15 is 0 Å². The van der Waals surface area contributed by atoms with Crippen molar-refractivity contribution in [2.24, 2.45) is 0 Å². The van der Waals surface area contributed by atoms with E-state index in [2.05, 4.69) is 23.2 Å². The summed E-state index contributed by atoms with van der Waals surface area (Å²) in [6.45, 7) is 4.19. The fraction of sp³-hybridized carbons (Fsp3) is 0.455. The highest BCUT2D eigenvalue weighted by Crippen LogP contribution is 2.25. The second kappa shape index (κ2) is 4.97. The van der Waals surface area contributed by atoms with E-state index in [1.54, 1.807) is 11.3 Å². The summed E-state index contributed by atoms with van der Waals surface area (Å²) < 4.78 is 1.98. The SMILES string of the molecule is CCC(c1nc(CCl)cs1)n1cc(C)cn1. The molecule has 2 heterocycles. The Kier molecular flexibility index (Phi) is 3.61. The van der Waals surface area contributed by atoms with Crippen molar-refractivity contribution in [2.45, 2.75) is 32.2 Å². The van der Waals surface area contributed by atoms with E-state index in [9.17, 15) is 0 Å². The van der Waals surface area contributed by atoms with Crippen LogP contribution in [0.4, 0.5) is 0 Å². The van der Waals surface area contributed by atoms with Crippen molar-refractivity contribution < 1.29 is 0 Å². The van der Waals surface area contributed by atoms with E-state index in [1.807, 2.05) is 23.2 Å². The molecule has 2 aromatic heterocycles. The predicted molar refractivity (Wildman–Crippen MR) is 67.1 cm³/mol. The molecule has 0 bridgehead atoms. The number of hydrogen-bond donors (Lipinski definition) is 0. The fourth-order valence-corrected chi connectivity index (χ4v) is 2.84. The Balaban J connectivity index is 2.28. The highest BCUT2D eigenvalue weighted by Gasteiger charge is 2.16. The summed E-state index contributed by atoms with van der Waals surface area (Å²) in [6, 6.07) is 0.232. The van der Waals surface area contributed by atoms with Crippen LogP contribution in [-0.4, -0.2) is 14.8 Å². The molecule has 3 nitrogen and oxygen atoms in total. The highest BCUT2D eigenvalue weighted by atomic mass is 35.5. The lowest BCUT2D eigenvalue weighted by Gasteiger charge is -2.12. The van der Waals surface area contributed by atoms with Gasteiger partial charge in [0.15, 0.2) is 0 Å². The first-order valence-electron chi connectivity index (χ1n) is 5.25. The third-order valence-corrected chi connectivity index (χ3v) is 3.70. The van der Waals surface area contributed by atoms with Gasteiger partial charge in [-0.15, -0.1) is 22.9 Å². The number of halogens is 1. The zero-order chi connectivity index (χ0) is 11.5. The highest BCUT2D eigenvalue weighted by molar-refractivity contribution is 7.09. The van der Waals surface area contributed by atoms with Crippen LogP contribution in [0.2, 0.25) is 0 Å². The molecule has 0 spiro atoms. The number of hydrogen-bond acceptors (Lipinski definition) is 3. The number of rotatable bonds is 4. The molecule has 0 fully saturated rings. The van der Waals surface area contributed by atoms with Gasteiger partial charge in [0.25, 0.3) is 0 Å². The van der Waals surface area contributed by atoms with Gasteiger partial charge in [-0.1, -0.05) is 6.92 Å². The minimum absolute atomic E-state index is 0.232. The first-order valence-corrected chi connectivity index (χ1v) is 6.67. The molecular formula is C11H14ClN3S. The second-order valence-corrected chi connectivity index (χ2v) is 4.89. The Morgan fingerprint density at radius 3 is 2.88 bits per heavy atom. The molecule has 0 amide bonds. The summed E-state index contributed by atoms with van der Waals surface area (Å²) in [5, 5.41) is 7.45. The smallest absolute Gasteiger partial charge is 0.118 e. The van der Waals surface area contributed by atoms with E-state index in [0.29, 0.717) is 5.88 Å². The van der Waals surface area contributed by atoms with Crippen LogP contribution in [0, 0.1) is 6.92 Å². The summed E-state index contributed by atoms with van der Waals surface area (Å²) in [6.07, 6.45) is 4.91. The number of thiazole rings is 1. The molecular weight excluding hydrogens is 242 g/mol. The summed E-state index contributed by atoms with van der Waals surface area (Å²) in [4.78, 5) is 4.51. The lowest BCUT2D eigenvalue weighted by atomic mass is 10.2. The average molecular weight is 256 g/mol. The van der Waals surface area contributed by atoms with Crippen LogP contribution in [-0.2, 0) is 5.88 Å². The Morgan fingerprint density at radius 1 is 1.56 bits per heavy atom. The first-order chi connectivity index (χ1) is 7.74. The van der Waals surface area contributed by atoms with Gasteiger partial charge in [-0.3, -0.25) is 4.68 Å². The van der Waals surface area contributed by atoms with Crippen molar-refractivity contribution >= 4 is 22.9 Å². The van der Waals surface area contributed by atoms with Crippen LogP contribution in [0.15, 0.2) is 17.8 Å². The van der Waals surface area contributed by atoms with Crippen LogP contribution in [0.25, 0.3) is 0 Å². The zero-order valence-electron chi connectivity index (χ0n) is 9.35. The summed E-state index contributed by atoms with van der Waals surface area (Å²) in [5.41, 5.74) is 2.12. The van der Waals surface area contributed by atoms with E-state index in [4.69, 9.17) is 11.6 Å². The maximum absolute atomic E-state index is 5.76. The number of aromatic nitrogens is 3. The molecule has 0 aliphatic rings. The molecule has 1 atom stereocenters. The van der Waals surface area contributed by atoms with Crippen molar-refractivity contribution in [1.29, 1.82) is 0 Å². The van der Waals surface area contributed by atoms with Gasteiger partial charge in [0.2, 0.25) is 0 Å². The third kappa shape index (κ3) is 2.28. The molecule has 1 unspecified atom stereocenters. The van der Waals surface area contributed by atoms with Crippen molar-refractivity contribution in [3.63, 3.8) is 0 Å². The molecule has 0 aromatic carbocycles. The Bertz CT molecular complexity index is 463. The summed E-state index contributed by atoms with van der Waals surface area (Å²) in [5.74, 6) is 0.477. The Labute approximate surface area is 104 Å². The first kappa shape index (κ1) is 11.6. The summed E-state index contributed by atoms with van der Waals surface area (Å²) >= 11 is 7.41. The van der Waals surface area contributed by atoms with Crippen LogP contribution >= 0.6 is 22.9 Å². The van der Waals surface area contributed by atoms with E-state index in [-0.39, 0.29) is 6.04 Å². The normalized spacial score (nSPS) is 12.9. The monoisotopic (exact) mass is 255 g/mol. The standard InChI is InChI=1S/C11H14ClN3S/c1-3-10(15-6-8(2)5-13-15)11-14-9(4-12)7-16-11/h5-7,10H,3-4H2,1-2H3. The molecule has 16 heavy (non-hydrogen) atoms. The number of aryl methyl sites for hydroxylation is 1. The van der Waals surface area contributed by atoms with Gasteiger partial charge in [0.05, 0.1) is 17.8 Å². The second-order valence-electron chi connectivity index (χ2n) is 3.73. The van der Waals surface area contributed by atoms with E-state index in [0.717, 1.165) is 17.1 Å². The molecule has 2 rings (SSSR count). The Hall–Kier alpha value is -0.870. The largest absolute Gasteiger partial charge is 0.263 e. The minimum Gasteiger partial charge on any atom is -0.263 e. The molecule has 0 N–H and O–H groups in total. The molecule has 0 saturated carbocycles. The molecule has 0 saturated heterocycles. The zero-order valence-corrected chi connectivity index (χ0v) is 10.9. The maximum atomic E-state index is 5.76. The van der Waals surface area contributed by atoms with Crippen molar-refractivity contribution in [3.8, 4) is 0 Å². The van der Waals surface area contributed by atoms with E-state index < -0.39 is 0 Å². The number of alkyl halides is 1. The van der Waals surface area contributed by atoms with Crippen LogP contribution in [0.3, 0.4) is 0 Å². The van der Waals surface area contributed by atoms with Gasteiger partial charge < -0.3 is 0 Å². The summed E-state index contributed by atoms with van der Waals surface area (Å²) in [7, 11) is 0. The molecule has 0 aliphatic heterocycles. The lowest BCUT2D eigenvalue weighted by molar-refractivity contribution is 0.506. The Morgan fingerprint density at radius 2 is 2.38 bits per heavy atom. The van der Waals surface area contributed by atoms with Crippen LogP contribution in [0.5, 0.6) is 0 Å². The topological polar surface area (TPSA) is 30.7 Å². The van der Waals surface area contributed by atoms with Gasteiger partial charge >= 0.3 is 0 Å². The van der Waals surface area contributed by atoms with Crippen LogP contribution in [0.1, 0.15) is 35.7 Å². The van der Waals surface area contributed by atoms with Crippen molar-refractivity contribution in [1.82, 2.24) is 14.8 Å². The lowest BCUT2D eigenvalue weighted by Crippen LogP contribution is -2.09. The van der Waals surface area contributed by atoms with Crippen LogP contribution < -0.4 is 0 Å². The van der Waals surface area contributed by atoms with Gasteiger partial charge in [-0.05, 0) is 18.9 Å². The van der Waals surface area contributed by atoms with Gasteiger partial charge in [0, 0.05) is 11.6 Å². The maximum Gasteiger partial charge on any atom is 0.118 e. The fourth-order valence-electron chi connectivity index (χ4n) is 1.62. The molecule has 86 valence electrons. The molecule has 5 heteroatoms. The minimum atomic E-state index is 0.232. The van der Waals surface area contributed by atoms with Crippen molar-refractivity contribution in [3.05, 3.63) is 34.0 Å². The average Bonchev–Trinajstić information content (AvgIpc) is 2.89. The van der Waals surface area contributed by atoms with Gasteiger partial charge in [-0.25, -0.2) is 4.98 Å². The molecule has 2 aromatic rings. The number of nitrogens with zero attached hydrogens (tertiary/aromatic N) is 3. The van der Waals surface area contributed by atoms with Gasteiger partial charge in [0.1, 0.15) is 11.0 Å². The quantitative estimate of drug-likeness (QED) is 0.784. The molecule has 0 radical (unpaired) electrons. The van der Waals surface area contributed by atoms with E-state index in [1.165, 1.54) is 5.56 Å². The third-order valence-electron chi connectivity index (χ3n) is 2.43. The van der Waals surface area contributed by atoms with Crippen molar-refractivity contribution in [2.75, 3.05) is 0 Å². The van der Waals surface area contributed by atoms with Gasteiger partial charge in [-0.2, -0.15) is 5.10 Å². The predicted octanol–water partition coefficient (Wildman–Crippen LogP) is 3.39.